The predicted octanol–water partition coefficient (Wildman–Crippen LogP) is 1.94. The molecule has 0 aromatic rings. The quantitative estimate of drug-likeness (QED) is 0.503. The van der Waals surface area contributed by atoms with E-state index >= 15 is 0 Å². The van der Waals surface area contributed by atoms with E-state index in [4.69, 9.17) is 4.74 Å². The van der Waals surface area contributed by atoms with Gasteiger partial charge in [0, 0.05) is 6.92 Å². The Kier molecular flexibility index (Phi) is 2.70. The number of esters is 1. The van der Waals surface area contributed by atoms with Crippen molar-refractivity contribution in [2.75, 3.05) is 0 Å². The second kappa shape index (κ2) is 3.37. The van der Waals surface area contributed by atoms with Crippen molar-refractivity contribution in [2.45, 2.75) is 46.6 Å². The molecule has 1 rings (SSSR count). The summed E-state index contributed by atoms with van der Waals surface area (Å²) in [5.74, 6) is -0.305. The van der Waals surface area contributed by atoms with Crippen molar-refractivity contribution in [3.05, 3.63) is 0 Å². The molecule has 0 unspecified atom stereocenters. The Bertz CT molecular complexity index is 257. The summed E-state index contributed by atoms with van der Waals surface area (Å²) >= 11 is 0. The molecule has 0 N–H and O–H groups in total. The molecule has 0 spiro atoms. The van der Waals surface area contributed by atoms with E-state index in [9.17, 15) is 9.59 Å². The zero-order valence-electron chi connectivity index (χ0n) is 9.29. The average Bonchev–Trinajstić information content (AvgIpc) is 2.21. The minimum Gasteiger partial charge on any atom is -0.461 e. The van der Waals surface area contributed by atoms with Gasteiger partial charge in [-0.05, 0) is 25.2 Å². The van der Waals surface area contributed by atoms with Gasteiger partial charge in [-0.15, -0.1) is 0 Å². The Morgan fingerprint density at radius 1 is 1.43 bits per heavy atom. The van der Waals surface area contributed by atoms with Gasteiger partial charge in [-0.25, -0.2) is 0 Å². The first-order valence-corrected chi connectivity index (χ1v) is 4.93. The molecule has 3 heteroatoms. The SMILES string of the molecule is CC(=O)O[C@@H]1CC(C)(C)C[C@]1(C)C=O. The number of rotatable bonds is 2. The highest BCUT2D eigenvalue weighted by atomic mass is 16.5. The lowest BCUT2D eigenvalue weighted by molar-refractivity contribution is -0.152. The third kappa shape index (κ3) is 2.14. The third-order valence-corrected chi connectivity index (χ3v) is 2.91. The first-order valence-electron chi connectivity index (χ1n) is 4.93. The van der Waals surface area contributed by atoms with Crippen LogP contribution in [0.5, 0.6) is 0 Å². The molecule has 1 aliphatic carbocycles. The zero-order valence-corrected chi connectivity index (χ0v) is 9.29. The van der Waals surface area contributed by atoms with E-state index in [1.165, 1.54) is 6.92 Å². The van der Waals surface area contributed by atoms with Crippen molar-refractivity contribution < 1.29 is 14.3 Å². The summed E-state index contributed by atoms with van der Waals surface area (Å²) in [4.78, 5) is 21.9. The topological polar surface area (TPSA) is 43.4 Å². The maximum Gasteiger partial charge on any atom is 0.302 e. The lowest BCUT2D eigenvalue weighted by Gasteiger charge is -2.24. The molecule has 0 heterocycles. The van der Waals surface area contributed by atoms with Gasteiger partial charge in [-0.2, -0.15) is 0 Å². The van der Waals surface area contributed by atoms with Gasteiger partial charge in [0.15, 0.2) is 0 Å². The Labute approximate surface area is 84.8 Å². The molecule has 0 aromatic heterocycles. The Morgan fingerprint density at radius 2 is 2.00 bits per heavy atom. The fourth-order valence-electron chi connectivity index (χ4n) is 2.45. The summed E-state index contributed by atoms with van der Waals surface area (Å²) in [5, 5.41) is 0. The lowest BCUT2D eigenvalue weighted by atomic mass is 9.84. The molecule has 2 atom stereocenters. The van der Waals surface area contributed by atoms with Gasteiger partial charge in [0.05, 0.1) is 5.41 Å². The first kappa shape index (κ1) is 11.2. The number of carbonyl (C=O) groups is 2. The Balaban J connectivity index is 2.83. The van der Waals surface area contributed by atoms with Crippen LogP contribution in [-0.4, -0.2) is 18.4 Å². The van der Waals surface area contributed by atoms with Crippen LogP contribution in [0.2, 0.25) is 0 Å². The van der Waals surface area contributed by atoms with Crippen LogP contribution in [-0.2, 0) is 14.3 Å². The van der Waals surface area contributed by atoms with Crippen molar-refractivity contribution in [3.8, 4) is 0 Å². The molecule has 0 aliphatic heterocycles. The minimum absolute atomic E-state index is 0.0791. The largest absolute Gasteiger partial charge is 0.461 e. The molecule has 0 aromatic carbocycles. The van der Waals surface area contributed by atoms with Crippen LogP contribution >= 0.6 is 0 Å². The van der Waals surface area contributed by atoms with E-state index in [1.807, 2.05) is 6.92 Å². The fraction of sp³-hybridized carbons (Fsp3) is 0.818. The number of hydrogen-bond donors (Lipinski definition) is 0. The molecule has 3 nitrogen and oxygen atoms in total. The van der Waals surface area contributed by atoms with Gasteiger partial charge in [0.25, 0.3) is 0 Å². The van der Waals surface area contributed by atoms with Crippen LogP contribution in [0, 0.1) is 10.8 Å². The maximum absolute atomic E-state index is 11.0. The monoisotopic (exact) mass is 198 g/mol. The van der Waals surface area contributed by atoms with Crippen LogP contribution in [0.3, 0.4) is 0 Å². The first-order chi connectivity index (χ1) is 6.29. The van der Waals surface area contributed by atoms with E-state index in [0.717, 1.165) is 19.1 Å². The van der Waals surface area contributed by atoms with Crippen LogP contribution < -0.4 is 0 Å². The highest BCUT2D eigenvalue weighted by molar-refractivity contribution is 5.68. The fourth-order valence-corrected chi connectivity index (χ4v) is 2.45. The van der Waals surface area contributed by atoms with Crippen molar-refractivity contribution in [2.24, 2.45) is 10.8 Å². The van der Waals surface area contributed by atoms with Gasteiger partial charge in [-0.3, -0.25) is 4.79 Å². The standard InChI is InChI=1S/C11H18O3/c1-8(13)14-9-5-10(2,3)6-11(9,4)7-12/h7,9H,5-6H2,1-4H3/t9-,11-/m1/s1. The summed E-state index contributed by atoms with van der Waals surface area (Å²) in [7, 11) is 0. The second-order valence-corrected chi connectivity index (χ2v) is 5.27. The van der Waals surface area contributed by atoms with Gasteiger partial charge < -0.3 is 9.53 Å². The molecule has 1 aliphatic rings. The van der Waals surface area contributed by atoms with Gasteiger partial charge in [-0.1, -0.05) is 13.8 Å². The highest BCUT2D eigenvalue weighted by Gasteiger charge is 2.49. The molecular weight excluding hydrogens is 180 g/mol. The number of aldehydes is 1. The molecule has 1 saturated carbocycles. The van der Waals surface area contributed by atoms with Crippen LogP contribution in [0.4, 0.5) is 0 Å². The summed E-state index contributed by atoms with van der Waals surface area (Å²) in [6.07, 6.45) is 2.21. The van der Waals surface area contributed by atoms with E-state index < -0.39 is 5.41 Å². The summed E-state index contributed by atoms with van der Waals surface area (Å²) in [6.45, 7) is 7.44. The van der Waals surface area contributed by atoms with Crippen LogP contribution in [0.25, 0.3) is 0 Å². The lowest BCUT2D eigenvalue weighted by Crippen LogP contribution is -2.32. The Hall–Kier alpha value is -0.860. The van der Waals surface area contributed by atoms with Gasteiger partial charge in [0.1, 0.15) is 12.4 Å². The third-order valence-electron chi connectivity index (χ3n) is 2.91. The molecule has 0 amide bonds. The smallest absolute Gasteiger partial charge is 0.302 e. The van der Waals surface area contributed by atoms with E-state index in [1.54, 1.807) is 0 Å². The molecule has 14 heavy (non-hydrogen) atoms. The normalized spacial score (nSPS) is 35.3. The highest BCUT2D eigenvalue weighted by Crippen LogP contribution is 2.49. The molecule has 1 fully saturated rings. The van der Waals surface area contributed by atoms with Crippen molar-refractivity contribution in [3.63, 3.8) is 0 Å². The second-order valence-electron chi connectivity index (χ2n) is 5.27. The van der Waals surface area contributed by atoms with Crippen LogP contribution in [0.1, 0.15) is 40.5 Å². The van der Waals surface area contributed by atoms with E-state index in [0.29, 0.717) is 0 Å². The Morgan fingerprint density at radius 3 is 2.43 bits per heavy atom. The van der Waals surface area contributed by atoms with Crippen LogP contribution in [0.15, 0.2) is 0 Å². The summed E-state index contributed by atoms with van der Waals surface area (Å²) < 4.78 is 5.18. The van der Waals surface area contributed by atoms with Crippen molar-refractivity contribution >= 4 is 12.3 Å². The summed E-state index contributed by atoms with van der Waals surface area (Å²) in [5.41, 5.74) is -0.426. The average molecular weight is 198 g/mol. The maximum atomic E-state index is 11.0. The number of carbonyl (C=O) groups excluding carboxylic acids is 2. The van der Waals surface area contributed by atoms with E-state index in [-0.39, 0.29) is 17.5 Å². The molecule has 80 valence electrons. The zero-order chi connectivity index (χ0) is 11.0. The molecule has 0 radical (unpaired) electrons. The molecule has 0 bridgehead atoms. The predicted molar refractivity (Wildman–Crippen MR) is 52.7 cm³/mol. The van der Waals surface area contributed by atoms with Crippen molar-refractivity contribution in [1.82, 2.24) is 0 Å². The molecule has 0 saturated heterocycles. The number of hydrogen-bond acceptors (Lipinski definition) is 3. The van der Waals surface area contributed by atoms with Crippen molar-refractivity contribution in [1.29, 1.82) is 0 Å². The number of ether oxygens (including phenoxy) is 1. The van der Waals surface area contributed by atoms with E-state index in [2.05, 4.69) is 13.8 Å². The van der Waals surface area contributed by atoms with Gasteiger partial charge in [0.2, 0.25) is 0 Å². The van der Waals surface area contributed by atoms with Gasteiger partial charge >= 0.3 is 5.97 Å². The summed E-state index contributed by atoms with van der Waals surface area (Å²) in [6, 6.07) is 0. The minimum atomic E-state index is -0.505. The molecular formula is C11H18O3.